The third-order valence-electron chi connectivity index (χ3n) is 5.41. The fraction of sp³-hybridized carbons (Fsp3) is 0.435. The van der Waals surface area contributed by atoms with E-state index >= 15 is 0 Å². The maximum absolute atomic E-state index is 12.8. The van der Waals surface area contributed by atoms with Gasteiger partial charge in [0.15, 0.2) is 0 Å². The molecule has 1 aliphatic rings. The predicted octanol–water partition coefficient (Wildman–Crippen LogP) is 3.78. The number of nitrogens with one attached hydrogen (secondary N) is 1. The fourth-order valence-electron chi connectivity index (χ4n) is 3.72. The second-order valence-electron chi connectivity index (χ2n) is 8.41. The average molecular weight is 527 g/mol. The first-order chi connectivity index (χ1) is 16.0. The summed E-state index contributed by atoms with van der Waals surface area (Å²) in [5.74, 6) is -1.52. The standard InChI is InChI=1S/C23H28Cl2N4O4S/c1-13(2)33-23(32)19-14(3)20(21(26)31)34-22(19)27-18(30)12-29-8-6-28(7-9-29)11-15-4-5-16(24)10-17(15)25/h4-5,10,13H,6-9,11-12H2,1-3H3,(H2,26,31)(H,27,30). The van der Waals surface area contributed by atoms with Crippen LogP contribution in [0.2, 0.25) is 10.0 Å². The van der Waals surface area contributed by atoms with E-state index in [0.29, 0.717) is 35.2 Å². The highest BCUT2D eigenvalue weighted by atomic mass is 35.5. The van der Waals surface area contributed by atoms with Crippen molar-refractivity contribution < 1.29 is 19.1 Å². The Morgan fingerprint density at radius 2 is 1.79 bits per heavy atom. The molecule has 0 radical (unpaired) electrons. The highest BCUT2D eigenvalue weighted by molar-refractivity contribution is 7.18. The Labute approximate surface area is 212 Å². The van der Waals surface area contributed by atoms with Crippen LogP contribution in [0.15, 0.2) is 18.2 Å². The summed E-state index contributed by atoms with van der Waals surface area (Å²) in [7, 11) is 0. The lowest BCUT2D eigenvalue weighted by Crippen LogP contribution is -2.48. The normalized spacial score (nSPS) is 14.9. The highest BCUT2D eigenvalue weighted by Crippen LogP contribution is 2.33. The molecular weight excluding hydrogens is 499 g/mol. The summed E-state index contributed by atoms with van der Waals surface area (Å²) in [5.41, 5.74) is 7.03. The summed E-state index contributed by atoms with van der Waals surface area (Å²) in [6, 6.07) is 5.49. The molecule has 1 aromatic heterocycles. The quantitative estimate of drug-likeness (QED) is 0.507. The molecule has 0 atom stereocenters. The van der Waals surface area contributed by atoms with Crippen LogP contribution >= 0.6 is 34.5 Å². The molecule has 1 saturated heterocycles. The van der Waals surface area contributed by atoms with Gasteiger partial charge in [-0.05, 0) is 44.0 Å². The van der Waals surface area contributed by atoms with Crippen molar-refractivity contribution >= 4 is 57.3 Å². The Morgan fingerprint density at radius 3 is 2.38 bits per heavy atom. The molecular formula is C23H28Cl2N4O4S. The minimum absolute atomic E-state index is 0.164. The van der Waals surface area contributed by atoms with Gasteiger partial charge in [0.05, 0.1) is 23.1 Å². The van der Waals surface area contributed by atoms with Crippen LogP contribution in [0.5, 0.6) is 0 Å². The number of esters is 1. The van der Waals surface area contributed by atoms with E-state index in [1.165, 1.54) is 0 Å². The number of carbonyl (C=O) groups excluding carboxylic acids is 3. The van der Waals surface area contributed by atoms with Crippen molar-refractivity contribution in [3.8, 4) is 0 Å². The minimum Gasteiger partial charge on any atom is -0.459 e. The van der Waals surface area contributed by atoms with Gasteiger partial charge in [0, 0.05) is 42.8 Å². The van der Waals surface area contributed by atoms with Gasteiger partial charge in [-0.25, -0.2) is 4.79 Å². The van der Waals surface area contributed by atoms with Crippen molar-refractivity contribution in [2.24, 2.45) is 5.73 Å². The number of halogens is 2. The third kappa shape index (κ3) is 6.70. The van der Waals surface area contributed by atoms with Crippen molar-refractivity contribution in [3.05, 3.63) is 49.8 Å². The number of nitrogens with zero attached hydrogens (tertiary/aromatic N) is 2. The first kappa shape index (κ1) is 26.4. The molecule has 2 heterocycles. The van der Waals surface area contributed by atoms with E-state index in [1.54, 1.807) is 26.8 Å². The molecule has 3 rings (SSSR count). The number of benzene rings is 1. The Morgan fingerprint density at radius 1 is 1.15 bits per heavy atom. The van der Waals surface area contributed by atoms with E-state index in [-0.39, 0.29) is 34.0 Å². The maximum atomic E-state index is 12.8. The summed E-state index contributed by atoms with van der Waals surface area (Å²) in [6.45, 7) is 8.92. The number of hydrogen-bond acceptors (Lipinski definition) is 7. The molecule has 2 aromatic rings. The Kier molecular flexibility index (Phi) is 8.95. The number of thiophene rings is 1. The first-order valence-electron chi connectivity index (χ1n) is 10.9. The first-order valence-corrected chi connectivity index (χ1v) is 12.4. The van der Waals surface area contributed by atoms with Crippen LogP contribution in [0, 0.1) is 6.92 Å². The molecule has 184 valence electrons. The summed E-state index contributed by atoms with van der Waals surface area (Å²) < 4.78 is 5.29. The Bertz CT molecular complexity index is 1080. The van der Waals surface area contributed by atoms with E-state index < -0.39 is 11.9 Å². The summed E-state index contributed by atoms with van der Waals surface area (Å²) >= 11 is 13.2. The minimum atomic E-state index is -0.654. The number of hydrogen-bond donors (Lipinski definition) is 2. The lowest BCUT2D eigenvalue weighted by Gasteiger charge is -2.34. The average Bonchev–Trinajstić information content (AvgIpc) is 3.07. The number of piperazine rings is 1. The molecule has 2 amide bonds. The van der Waals surface area contributed by atoms with Gasteiger partial charge < -0.3 is 15.8 Å². The van der Waals surface area contributed by atoms with Gasteiger partial charge >= 0.3 is 5.97 Å². The SMILES string of the molecule is Cc1c(C(N)=O)sc(NC(=O)CN2CCN(Cc3ccc(Cl)cc3Cl)CC2)c1C(=O)OC(C)C. The van der Waals surface area contributed by atoms with Gasteiger partial charge in [0.2, 0.25) is 5.91 Å². The molecule has 1 aliphatic heterocycles. The Balaban J connectivity index is 1.59. The van der Waals surface area contributed by atoms with Gasteiger partial charge in [0.25, 0.3) is 5.91 Å². The van der Waals surface area contributed by atoms with Crippen LogP contribution < -0.4 is 11.1 Å². The monoisotopic (exact) mass is 526 g/mol. The van der Waals surface area contributed by atoms with Gasteiger partial charge in [-0.2, -0.15) is 0 Å². The smallest absolute Gasteiger partial charge is 0.341 e. The second kappa shape index (κ2) is 11.5. The molecule has 0 unspecified atom stereocenters. The molecule has 3 N–H and O–H groups in total. The number of ether oxygens (including phenoxy) is 1. The van der Waals surface area contributed by atoms with Crippen LogP contribution in [0.25, 0.3) is 0 Å². The number of anilines is 1. The summed E-state index contributed by atoms with van der Waals surface area (Å²) in [4.78, 5) is 41.6. The van der Waals surface area contributed by atoms with Crippen LogP contribution in [-0.2, 0) is 16.1 Å². The zero-order valence-electron chi connectivity index (χ0n) is 19.3. The molecule has 0 aliphatic carbocycles. The lowest BCUT2D eigenvalue weighted by atomic mass is 10.1. The lowest BCUT2D eigenvalue weighted by molar-refractivity contribution is -0.117. The van der Waals surface area contributed by atoms with E-state index in [1.807, 2.05) is 17.0 Å². The van der Waals surface area contributed by atoms with Crippen molar-refractivity contribution in [1.29, 1.82) is 0 Å². The highest BCUT2D eigenvalue weighted by Gasteiger charge is 2.27. The summed E-state index contributed by atoms with van der Waals surface area (Å²) in [5, 5.41) is 4.30. The van der Waals surface area contributed by atoms with E-state index in [9.17, 15) is 14.4 Å². The molecule has 8 nitrogen and oxygen atoms in total. The number of carbonyl (C=O) groups is 3. The molecule has 11 heteroatoms. The van der Waals surface area contributed by atoms with Crippen molar-refractivity contribution in [2.75, 3.05) is 38.0 Å². The third-order valence-corrected chi connectivity index (χ3v) is 7.22. The zero-order chi connectivity index (χ0) is 25.0. The van der Waals surface area contributed by atoms with Gasteiger partial charge in [-0.15, -0.1) is 11.3 Å². The second-order valence-corrected chi connectivity index (χ2v) is 10.3. The zero-order valence-corrected chi connectivity index (χ0v) is 21.6. The number of primary amides is 1. The topological polar surface area (TPSA) is 105 Å². The van der Waals surface area contributed by atoms with Crippen LogP contribution in [0.3, 0.4) is 0 Å². The molecule has 0 saturated carbocycles. The molecule has 34 heavy (non-hydrogen) atoms. The van der Waals surface area contributed by atoms with Crippen molar-refractivity contribution in [1.82, 2.24) is 9.80 Å². The van der Waals surface area contributed by atoms with Gasteiger partial charge in [-0.1, -0.05) is 29.3 Å². The number of rotatable bonds is 8. The van der Waals surface area contributed by atoms with Gasteiger partial charge in [-0.3, -0.25) is 19.4 Å². The van der Waals surface area contributed by atoms with Crippen LogP contribution in [0.4, 0.5) is 5.00 Å². The maximum Gasteiger partial charge on any atom is 0.341 e. The molecule has 0 bridgehead atoms. The van der Waals surface area contributed by atoms with Crippen LogP contribution in [0.1, 0.15) is 45.0 Å². The Hall–Kier alpha value is -2.17. The van der Waals surface area contributed by atoms with E-state index in [0.717, 1.165) is 30.0 Å². The van der Waals surface area contributed by atoms with E-state index in [2.05, 4.69) is 10.2 Å². The molecule has 1 fully saturated rings. The fourth-order valence-corrected chi connectivity index (χ4v) is 5.25. The molecule has 1 aromatic carbocycles. The van der Waals surface area contributed by atoms with Crippen LogP contribution in [-0.4, -0.2) is 66.4 Å². The summed E-state index contributed by atoms with van der Waals surface area (Å²) in [6.07, 6.45) is -0.341. The van der Waals surface area contributed by atoms with E-state index in [4.69, 9.17) is 33.7 Å². The van der Waals surface area contributed by atoms with Crippen molar-refractivity contribution in [2.45, 2.75) is 33.4 Å². The van der Waals surface area contributed by atoms with Crippen molar-refractivity contribution in [3.63, 3.8) is 0 Å². The number of nitrogens with two attached hydrogens (primary N) is 1. The predicted molar refractivity (Wildman–Crippen MR) is 135 cm³/mol. The number of amides is 2. The largest absolute Gasteiger partial charge is 0.459 e. The molecule has 0 spiro atoms. The van der Waals surface area contributed by atoms with Gasteiger partial charge in [0.1, 0.15) is 5.00 Å².